The fraction of sp³-hybridized carbons (Fsp3) is 0.500. The molecule has 1 unspecified atom stereocenters. The highest BCUT2D eigenvalue weighted by Crippen LogP contribution is 2.27. The van der Waals surface area contributed by atoms with Crippen molar-refractivity contribution >= 4 is 6.03 Å². The number of carbonyl (C=O) groups excluding carboxylic acids is 1. The predicted molar refractivity (Wildman–Crippen MR) is 103 cm³/mol. The van der Waals surface area contributed by atoms with Gasteiger partial charge in [-0.05, 0) is 38.2 Å². The highest BCUT2D eigenvalue weighted by molar-refractivity contribution is 5.74. The van der Waals surface area contributed by atoms with Crippen LogP contribution >= 0.6 is 0 Å². The molecule has 1 aliphatic heterocycles. The van der Waals surface area contributed by atoms with Crippen molar-refractivity contribution in [2.45, 2.75) is 44.1 Å². The topological polar surface area (TPSA) is 75.9 Å². The lowest BCUT2D eigenvalue weighted by Crippen LogP contribution is -2.47. The standard InChI is InChI=1S/C20H26N6O/c1-25-14-16(13-22-25)18-7-10-21-19(24-18)15-8-11-26(12-9-15)20(27)23-17-5-3-2-4-6-17/h2-3,7,10,13-15,17H,4-6,8-9,11-12H2,1H3,(H,23,27). The van der Waals surface area contributed by atoms with Gasteiger partial charge in [0, 0.05) is 50.1 Å². The molecule has 142 valence electrons. The van der Waals surface area contributed by atoms with Gasteiger partial charge in [0.1, 0.15) is 5.82 Å². The molecule has 2 aromatic rings. The molecule has 1 aliphatic carbocycles. The first kappa shape index (κ1) is 17.7. The first-order valence-electron chi connectivity index (χ1n) is 9.71. The highest BCUT2D eigenvalue weighted by atomic mass is 16.2. The van der Waals surface area contributed by atoms with Gasteiger partial charge in [0.25, 0.3) is 0 Å². The molecule has 0 bridgehead atoms. The Hall–Kier alpha value is -2.70. The molecular formula is C20H26N6O. The van der Waals surface area contributed by atoms with Crippen LogP contribution in [0.15, 0.2) is 36.8 Å². The number of amides is 2. The van der Waals surface area contributed by atoms with E-state index in [-0.39, 0.29) is 12.1 Å². The summed E-state index contributed by atoms with van der Waals surface area (Å²) in [7, 11) is 1.90. The van der Waals surface area contributed by atoms with Crippen molar-refractivity contribution in [3.63, 3.8) is 0 Å². The summed E-state index contributed by atoms with van der Waals surface area (Å²) in [5, 5.41) is 7.38. The Balaban J connectivity index is 1.35. The Morgan fingerprint density at radius 2 is 2.07 bits per heavy atom. The summed E-state index contributed by atoms with van der Waals surface area (Å²) in [6, 6.07) is 2.26. The number of aryl methyl sites for hydroxylation is 1. The maximum Gasteiger partial charge on any atom is 0.317 e. The molecule has 27 heavy (non-hydrogen) atoms. The van der Waals surface area contributed by atoms with Crippen LogP contribution in [0.25, 0.3) is 11.3 Å². The third kappa shape index (κ3) is 4.18. The Labute approximate surface area is 159 Å². The molecule has 2 aromatic heterocycles. The van der Waals surface area contributed by atoms with Gasteiger partial charge in [-0.15, -0.1) is 0 Å². The normalized spacial score (nSPS) is 20.6. The fourth-order valence-electron chi connectivity index (χ4n) is 3.82. The minimum absolute atomic E-state index is 0.0683. The zero-order chi connectivity index (χ0) is 18.6. The second kappa shape index (κ2) is 7.90. The van der Waals surface area contributed by atoms with Crippen molar-refractivity contribution in [1.82, 2.24) is 30.0 Å². The molecular weight excluding hydrogens is 340 g/mol. The number of urea groups is 1. The van der Waals surface area contributed by atoms with Gasteiger partial charge >= 0.3 is 6.03 Å². The van der Waals surface area contributed by atoms with Crippen molar-refractivity contribution in [2.24, 2.45) is 7.05 Å². The number of piperidine rings is 1. The minimum Gasteiger partial charge on any atom is -0.335 e. The van der Waals surface area contributed by atoms with Crippen LogP contribution in [-0.2, 0) is 7.05 Å². The number of aromatic nitrogens is 4. The van der Waals surface area contributed by atoms with Crippen LogP contribution in [0, 0.1) is 0 Å². The van der Waals surface area contributed by atoms with Gasteiger partial charge in [-0.1, -0.05) is 12.2 Å². The van der Waals surface area contributed by atoms with Crippen LogP contribution in [0.1, 0.15) is 43.8 Å². The third-order valence-corrected chi connectivity index (χ3v) is 5.42. The van der Waals surface area contributed by atoms with Gasteiger partial charge in [-0.25, -0.2) is 14.8 Å². The zero-order valence-electron chi connectivity index (χ0n) is 15.7. The number of likely N-dealkylation sites (tertiary alicyclic amines) is 1. The van der Waals surface area contributed by atoms with E-state index in [1.54, 1.807) is 4.68 Å². The first-order valence-corrected chi connectivity index (χ1v) is 9.71. The van der Waals surface area contributed by atoms with Gasteiger partial charge in [0.2, 0.25) is 0 Å². The van der Waals surface area contributed by atoms with Gasteiger partial charge in [0.15, 0.2) is 0 Å². The lowest BCUT2D eigenvalue weighted by atomic mass is 9.96. The predicted octanol–water partition coefficient (Wildman–Crippen LogP) is 2.87. The Bertz CT molecular complexity index is 821. The molecule has 0 spiro atoms. The number of nitrogens with one attached hydrogen (secondary N) is 1. The van der Waals surface area contributed by atoms with E-state index in [9.17, 15) is 4.79 Å². The van der Waals surface area contributed by atoms with E-state index >= 15 is 0 Å². The molecule has 0 aromatic carbocycles. The SMILES string of the molecule is Cn1cc(-c2ccnc(C3CCN(C(=O)NC4CC=CCC4)CC3)n2)cn1. The van der Waals surface area contributed by atoms with Crippen molar-refractivity contribution in [3.05, 3.63) is 42.6 Å². The number of allylic oxidation sites excluding steroid dienone is 1. The van der Waals surface area contributed by atoms with Gasteiger partial charge in [0.05, 0.1) is 11.9 Å². The highest BCUT2D eigenvalue weighted by Gasteiger charge is 2.26. The van der Waals surface area contributed by atoms with Crippen LogP contribution in [0.5, 0.6) is 0 Å². The lowest BCUT2D eigenvalue weighted by Gasteiger charge is -2.33. The number of hydrogen-bond donors (Lipinski definition) is 1. The van der Waals surface area contributed by atoms with Crippen molar-refractivity contribution in [2.75, 3.05) is 13.1 Å². The van der Waals surface area contributed by atoms with E-state index in [4.69, 9.17) is 4.98 Å². The van der Waals surface area contributed by atoms with E-state index in [0.717, 1.165) is 62.3 Å². The summed E-state index contributed by atoms with van der Waals surface area (Å²) >= 11 is 0. The monoisotopic (exact) mass is 366 g/mol. The molecule has 4 rings (SSSR count). The second-order valence-corrected chi connectivity index (χ2v) is 7.39. The summed E-state index contributed by atoms with van der Waals surface area (Å²) in [5.41, 5.74) is 1.90. The second-order valence-electron chi connectivity index (χ2n) is 7.39. The largest absolute Gasteiger partial charge is 0.335 e. The maximum atomic E-state index is 12.5. The smallest absolute Gasteiger partial charge is 0.317 e. The van der Waals surface area contributed by atoms with E-state index in [1.807, 2.05) is 36.6 Å². The zero-order valence-corrected chi connectivity index (χ0v) is 15.7. The molecule has 3 heterocycles. The number of hydrogen-bond acceptors (Lipinski definition) is 4. The molecule has 2 aliphatic rings. The summed E-state index contributed by atoms with van der Waals surface area (Å²) in [6.07, 6.45) is 14.8. The van der Waals surface area contributed by atoms with Crippen molar-refractivity contribution in [1.29, 1.82) is 0 Å². The van der Waals surface area contributed by atoms with Crippen molar-refractivity contribution in [3.8, 4) is 11.3 Å². The van der Waals surface area contributed by atoms with Gasteiger partial charge in [-0.3, -0.25) is 4.68 Å². The van der Waals surface area contributed by atoms with Crippen LogP contribution in [0.4, 0.5) is 4.79 Å². The van der Waals surface area contributed by atoms with Crippen molar-refractivity contribution < 1.29 is 4.79 Å². The van der Waals surface area contributed by atoms with Crippen LogP contribution in [0.3, 0.4) is 0 Å². The Kier molecular flexibility index (Phi) is 5.18. The summed E-state index contributed by atoms with van der Waals surface area (Å²) in [5.74, 6) is 1.16. The van der Waals surface area contributed by atoms with Crippen LogP contribution in [0.2, 0.25) is 0 Å². The number of nitrogens with zero attached hydrogens (tertiary/aromatic N) is 5. The molecule has 7 nitrogen and oxygen atoms in total. The van der Waals surface area contributed by atoms with Gasteiger partial charge in [-0.2, -0.15) is 5.10 Å². The summed E-state index contributed by atoms with van der Waals surface area (Å²) < 4.78 is 1.77. The summed E-state index contributed by atoms with van der Waals surface area (Å²) in [6.45, 7) is 1.50. The Morgan fingerprint density at radius 1 is 1.22 bits per heavy atom. The van der Waals surface area contributed by atoms with Crippen LogP contribution in [-0.4, -0.2) is 49.8 Å². The fourth-order valence-corrected chi connectivity index (χ4v) is 3.82. The third-order valence-electron chi connectivity index (χ3n) is 5.42. The molecule has 0 radical (unpaired) electrons. The quantitative estimate of drug-likeness (QED) is 0.848. The number of carbonyl (C=O) groups is 1. The molecule has 7 heteroatoms. The van der Waals surface area contributed by atoms with Crippen LogP contribution < -0.4 is 5.32 Å². The molecule has 2 amide bonds. The molecule has 1 atom stereocenters. The molecule has 1 saturated heterocycles. The first-order chi connectivity index (χ1) is 13.2. The summed E-state index contributed by atoms with van der Waals surface area (Å²) in [4.78, 5) is 23.7. The van der Waals surface area contributed by atoms with E-state index in [1.165, 1.54) is 0 Å². The van der Waals surface area contributed by atoms with Gasteiger partial charge < -0.3 is 10.2 Å². The lowest BCUT2D eigenvalue weighted by molar-refractivity contribution is 0.176. The minimum atomic E-state index is 0.0683. The van der Waals surface area contributed by atoms with E-state index < -0.39 is 0 Å². The maximum absolute atomic E-state index is 12.5. The average molecular weight is 366 g/mol. The van der Waals surface area contributed by atoms with E-state index in [2.05, 4.69) is 27.6 Å². The molecule has 1 N–H and O–H groups in total. The molecule has 1 fully saturated rings. The average Bonchev–Trinajstić information content (AvgIpc) is 3.15. The van der Waals surface area contributed by atoms with E-state index in [0.29, 0.717) is 5.92 Å². The Morgan fingerprint density at radius 3 is 2.78 bits per heavy atom. The molecule has 0 saturated carbocycles. The number of rotatable bonds is 3.